The van der Waals surface area contributed by atoms with E-state index in [9.17, 15) is 0 Å². The summed E-state index contributed by atoms with van der Waals surface area (Å²) in [4.78, 5) is 9.33. The highest BCUT2D eigenvalue weighted by atomic mass is 35.5. The van der Waals surface area contributed by atoms with E-state index in [4.69, 9.17) is 16.6 Å². The first-order valence-corrected chi connectivity index (χ1v) is 8.13. The molecule has 0 amide bonds. The van der Waals surface area contributed by atoms with Gasteiger partial charge in [0.15, 0.2) is 5.65 Å². The maximum absolute atomic E-state index is 5.97. The Morgan fingerprint density at radius 3 is 3.00 bits per heavy atom. The quantitative estimate of drug-likeness (QED) is 0.793. The van der Waals surface area contributed by atoms with Gasteiger partial charge in [0, 0.05) is 24.5 Å². The summed E-state index contributed by atoms with van der Waals surface area (Å²) >= 11 is 5.97. The van der Waals surface area contributed by atoms with Crippen LogP contribution in [0.1, 0.15) is 45.0 Å². The van der Waals surface area contributed by atoms with E-state index in [0.717, 1.165) is 29.3 Å². The van der Waals surface area contributed by atoms with Crippen molar-refractivity contribution in [1.29, 1.82) is 0 Å². The number of aromatic nitrogens is 3. The van der Waals surface area contributed by atoms with E-state index >= 15 is 0 Å². The summed E-state index contributed by atoms with van der Waals surface area (Å²) in [7, 11) is 0. The summed E-state index contributed by atoms with van der Waals surface area (Å²) in [6, 6.07) is 4.52. The van der Waals surface area contributed by atoms with Gasteiger partial charge in [-0.05, 0) is 30.4 Å². The number of fused-ring (bicyclic) bond motifs is 1. The van der Waals surface area contributed by atoms with Crippen molar-refractivity contribution in [2.24, 2.45) is 11.8 Å². The van der Waals surface area contributed by atoms with Crippen molar-refractivity contribution >= 4 is 22.8 Å². The summed E-state index contributed by atoms with van der Waals surface area (Å²) in [5.41, 5.74) is 2.02. The van der Waals surface area contributed by atoms with E-state index in [1.165, 1.54) is 19.3 Å². The first-order chi connectivity index (χ1) is 9.72. The molecule has 4 heteroatoms. The molecule has 3 atom stereocenters. The Kier molecular flexibility index (Phi) is 3.97. The number of rotatable bonds is 3. The van der Waals surface area contributed by atoms with Crippen molar-refractivity contribution in [2.75, 3.05) is 5.88 Å². The number of alkyl halides is 1. The standard InChI is InChI=1S/C16H22ClN3/c1-11-5-3-7-14(12(11)2)20-15(8-9-17)19-13-6-4-10-18-16(13)20/h4,6,10-12,14H,3,5,7-9H2,1-2H3. The van der Waals surface area contributed by atoms with Crippen molar-refractivity contribution < 1.29 is 0 Å². The van der Waals surface area contributed by atoms with Gasteiger partial charge < -0.3 is 4.57 Å². The first-order valence-electron chi connectivity index (χ1n) is 7.60. The molecule has 0 aromatic carbocycles. The zero-order chi connectivity index (χ0) is 14.1. The van der Waals surface area contributed by atoms with E-state index in [1.54, 1.807) is 0 Å². The maximum Gasteiger partial charge on any atom is 0.160 e. The van der Waals surface area contributed by atoms with Gasteiger partial charge in [-0.2, -0.15) is 0 Å². The fraction of sp³-hybridized carbons (Fsp3) is 0.625. The first kappa shape index (κ1) is 13.9. The monoisotopic (exact) mass is 291 g/mol. The highest BCUT2D eigenvalue weighted by molar-refractivity contribution is 6.17. The van der Waals surface area contributed by atoms with Crippen LogP contribution in [0.5, 0.6) is 0 Å². The van der Waals surface area contributed by atoms with Crippen LogP contribution in [0.2, 0.25) is 0 Å². The molecular formula is C16H22ClN3. The Morgan fingerprint density at radius 2 is 2.20 bits per heavy atom. The van der Waals surface area contributed by atoms with Crippen LogP contribution < -0.4 is 0 Å². The average molecular weight is 292 g/mol. The lowest BCUT2D eigenvalue weighted by Crippen LogP contribution is -2.28. The number of pyridine rings is 1. The second-order valence-electron chi connectivity index (χ2n) is 6.02. The predicted octanol–water partition coefficient (Wildman–Crippen LogP) is 4.21. The van der Waals surface area contributed by atoms with Gasteiger partial charge in [0.25, 0.3) is 0 Å². The average Bonchev–Trinajstić information content (AvgIpc) is 2.80. The lowest BCUT2D eigenvalue weighted by Gasteiger charge is -2.35. The minimum atomic E-state index is 0.511. The molecule has 0 N–H and O–H groups in total. The molecular weight excluding hydrogens is 270 g/mol. The highest BCUT2D eigenvalue weighted by Gasteiger charge is 2.31. The van der Waals surface area contributed by atoms with Crippen molar-refractivity contribution in [1.82, 2.24) is 14.5 Å². The summed E-state index contributed by atoms with van der Waals surface area (Å²) in [6.45, 7) is 4.73. The Bertz CT molecular complexity index is 592. The third-order valence-corrected chi connectivity index (χ3v) is 5.02. The molecule has 1 aliphatic rings. The van der Waals surface area contributed by atoms with E-state index < -0.39 is 0 Å². The van der Waals surface area contributed by atoms with Crippen LogP contribution in [0.25, 0.3) is 11.2 Å². The fourth-order valence-electron chi connectivity index (χ4n) is 3.50. The molecule has 20 heavy (non-hydrogen) atoms. The molecule has 2 aromatic heterocycles. The van der Waals surface area contributed by atoms with Crippen LogP contribution >= 0.6 is 11.6 Å². The van der Waals surface area contributed by atoms with Gasteiger partial charge in [-0.1, -0.05) is 26.7 Å². The van der Waals surface area contributed by atoms with Gasteiger partial charge in [-0.25, -0.2) is 9.97 Å². The lowest BCUT2D eigenvalue weighted by molar-refractivity contribution is 0.186. The van der Waals surface area contributed by atoms with E-state index in [0.29, 0.717) is 17.8 Å². The van der Waals surface area contributed by atoms with Crippen LogP contribution in [-0.4, -0.2) is 20.4 Å². The van der Waals surface area contributed by atoms with Crippen LogP contribution in [0.15, 0.2) is 18.3 Å². The molecule has 0 aliphatic heterocycles. The minimum Gasteiger partial charge on any atom is -0.309 e. The third-order valence-electron chi connectivity index (χ3n) is 4.84. The van der Waals surface area contributed by atoms with Crippen LogP contribution in [0.4, 0.5) is 0 Å². The van der Waals surface area contributed by atoms with Crippen LogP contribution in [0.3, 0.4) is 0 Å². The highest BCUT2D eigenvalue weighted by Crippen LogP contribution is 2.39. The molecule has 3 rings (SSSR count). The summed E-state index contributed by atoms with van der Waals surface area (Å²) < 4.78 is 2.37. The molecule has 1 saturated carbocycles. The molecule has 0 radical (unpaired) electrons. The summed E-state index contributed by atoms with van der Waals surface area (Å²) in [5.74, 6) is 3.13. The second kappa shape index (κ2) is 5.72. The number of hydrogen-bond donors (Lipinski definition) is 0. The lowest BCUT2D eigenvalue weighted by atomic mass is 9.78. The molecule has 0 spiro atoms. The minimum absolute atomic E-state index is 0.511. The smallest absolute Gasteiger partial charge is 0.160 e. The molecule has 2 aromatic rings. The Balaban J connectivity index is 2.10. The normalized spacial score (nSPS) is 27.1. The van der Waals surface area contributed by atoms with Gasteiger partial charge in [-0.15, -0.1) is 11.6 Å². The van der Waals surface area contributed by atoms with Gasteiger partial charge >= 0.3 is 0 Å². The number of halogens is 1. The van der Waals surface area contributed by atoms with E-state index in [2.05, 4.69) is 23.4 Å². The van der Waals surface area contributed by atoms with Gasteiger partial charge in [0.2, 0.25) is 0 Å². The molecule has 1 aliphatic carbocycles. The van der Waals surface area contributed by atoms with Crippen LogP contribution in [0, 0.1) is 11.8 Å². The Labute approximate surface area is 125 Å². The summed E-state index contributed by atoms with van der Waals surface area (Å²) in [5, 5.41) is 0. The topological polar surface area (TPSA) is 30.7 Å². The zero-order valence-corrected chi connectivity index (χ0v) is 13.0. The van der Waals surface area contributed by atoms with Crippen LogP contribution in [-0.2, 0) is 6.42 Å². The number of aryl methyl sites for hydroxylation is 1. The van der Waals surface area contributed by atoms with Gasteiger partial charge in [-0.3, -0.25) is 0 Å². The molecule has 0 bridgehead atoms. The zero-order valence-electron chi connectivity index (χ0n) is 12.2. The fourth-order valence-corrected chi connectivity index (χ4v) is 3.67. The molecule has 3 unspecified atom stereocenters. The number of nitrogens with zero attached hydrogens (tertiary/aromatic N) is 3. The Morgan fingerprint density at radius 1 is 1.35 bits per heavy atom. The predicted molar refractivity (Wildman–Crippen MR) is 83.2 cm³/mol. The van der Waals surface area contributed by atoms with Crippen molar-refractivity contribution in [3.8, 4) is 0 Å². The van der Waals surface area contributed by atoms with Gasteiger partial charge in [0.1, 0.15) is 11.3 Å². The second-order valence-corrected chi connectivity index (χ2v) is 6.40. The van der Waals surface area contributed by atoms with E-state index in [1.807, 2.05) is 18.3 Å². The van der Waals surface area contributed by atoms with E-state index in [-0.39, 0.29) is 0 Å². The van der Waals surface area contributed by atoms with Crippen molar-refractivity contribution in [3.05, 3.63) is 24.2 Å². The SMILES string of the molecule is CC1CCCC(n2c(CCCl)nc3cccnc32)C1C. The molecule has 1 fully saturated rings. The molecule has 2 heterocycles. The number of imidazole rings is 1. The molecule has 0 saturated heterocycles. The summed E-state index contributed by atoms with van der Waals surface area (Å²) in [6.07, 6.45) is 6.53. The maximum atomic E-state index is 5.97. The van der Waals surface area contributed by atoms with Crippen molar-refractivity contribution in [3.63, 3.8) is 0 Å². The third kappa shape index (κ3) is 2.32. The van der Waals surface area contributed by atoms with Gasteiger partial charge in [0.05, 0.1) is 0 Å². The molecule has 108 valence electrons. The largest absolute Gasteiger partial charge is 0.309 e. The number of hydrogen-bond acceptors (Lipinski definition) is 2. The molecule has 3 nitrogen and oxygen atoms in total. The Hall–Kier alpha value is -1.09. The van der Waals surface area contributed by atoms with Crippen molar-refractivity contribution in [2.45, 2.75) is 45.6 Å².